The fraction of sp³-hybridized carbons (Fsp3) is 0.571. The molecule has 1 aromatic carbocycles. The van der Waals surface area contributed by atoms with Crippen LogP contribution in [0.1, 0.15) is 62.2 Å². The van der Waals surface area contributed by atoms with E-state index >= 15 is 0 Å². The number of carbonyl (C=O) groups excluding carboxylic acids is 2. The molecule has 0 heterocycles. The molecule has 5 rings (SSSR count). The lowest BCUT2D eigenvalue weighted by atomic mass is 9.53. The summed E-state index contributed by atoms with van der Waals surface area (Å²) in [4.78, 5) is 24.7. The van der Waals surface area contributed by atoms with Gasteiger partial charge in [0, 0.05) is 11.3 Å². The summed E-state index contributed by atoms with van der Waals surface area (Å²) in [6.45, 7) is 1.76. The van der Waals surface area contributed by atoms with Gasteiger partial charge >= 0.3 is 0 Å². The third kappa shape index (κ3) is 4.03. The van der Waals surface area contributed by atoms with Gasteiger partial charge in [0.25, 0.3) is 5.91 Å². The Morgan fingerprint density at radius 3 is 2.30 bits per heavy atom. The first kappa shape index (κ1) is 18.5. The van der Waals surface area contributed by atoms with Gasteiger partial charge in [-0.3, -0.25) is 9.59 Å². The smallest absolute Gasteiger partial charge is 0.272 e. The molecule has 0 radical (unpaired) electrons. The van der Waals surface area contributed by atoms with Crippen molar-refractivity contribution in [2.45, 2.75) is 57.4 Å². The van der Waals surface area contributed by atoms with Crippen molar-refractivity contribution in [1.29, 1.82) is 0 Å². The number of hydrogen-bond acceptors (Lipinski definition) is 3. The van der Waals surface area contributed by atoms with Crippen LogP contribution in [0.15, 0.2) is 29.4 Å². The van der Waals surface area contributed by atoms with Crippen molar-refractivity contribution in [2.75, 3.05) is 0 Å². The van der Waals surface area contributed by atoms with Crippen LogP contribution in [0.3, 0.4) is 0 Å². The lowest BCUT2D eigenvalue weighted by molar-refractivity contribution is -0.125. The van der Waals surface area contributed by atoms with Crippen LogP contribution in [0.5, 0.6) is 0 Å². The van der Waals surface area contributed by atoms with Crippen molar-refractivity contribution in [3.63, 3.8) is 0 Å². The van der Waals surface area contributed by atoms with Gasteiger partial charge in [-0.05, 0) is 75.3 Å². The van der Waals surface area contributed by atoms with Crippen LogP contribution in [-0.2, 0) is 4.79 Å². The Morgan fingerprint density at radius 1 is 1.11 bits per heavy atom. The molecule has 4 aliphatic carbocycles. The van der Waals surface area contributed by atoms with E-state index in [-0.39, 0.29) is 23.8 Å². The number of halogens is 1. The van der Waals surface area contributed by atoms with Gasteiger partial charge in [-0.15, -0.1) is 0 Å². The van der Waals surface area contributed by atoms with Crippen LogP contribution in [0, 0.1) is 17.8 Å². The Kier molecular flexibility index (Phi) is 4.97. The molecule has 0 unspecified atom stereocenters. The van der Waals surface area contributed by atoms with Crippen molar-refractivity contribution in [1.82, 2.24) is 10.7 Å². The highest BCUT2D eigenvalue weighted by molar-refractivity contribution is 6.33. The zero-order valence-corrected chi connectivity index (χ0v) is 16.4. The van der Waals surface area contributed by atoms with E-state index < -0.39 is 0 Å². The Morgan fingerprint density at radius 2 is 1.70 bits per heavy atom. The molecule has 4 aliphatic rings. The fourth-order valence-electron chi connectivity index (χ4n) is 5.73. The van der Waals surface area contributed by atoms with Crippen LogP contribution in [0.25, 0.3) is 0 Å². The molecule has 27 heavy (non-hydrogen) atoms. The molecule has 0 aromatic heterocycles. The van der Waals surface area contributed by atoms with E-state index in [0.717, 1.165) is 37.0 Å². The van der Waals surface area contributed by atoms with E-state index in [2.05, 4.69) is 15.8 Å². The minimum absolute atomic E-state index is 0.00481. The van der Waals surface area contributed by atoms with E-state index in [9.17, 15) is 9.59 Å². The molecule has 0 aliphatic heterocycles. The summed E-state index contributed by atoms with van der Waals surface area (Å²) in [7, 11) is 0. The van der Waals surface area contributed by atoms with E-state index in [1.807, 2.05) is 0 Å². The Bertz CT molecular complexity index is 754. The minimum Gasteiger partial charge on any atom is -0.350 e. The molecular formula is C21H26ClN3O2. The second-order valence-electron chi connectivity index (χ2n) is 8.69. The summed E-state index contributed by atoms with van der Waals surface area (Å²) in [6, 6.07) is 6.81. The van der Waals surface area contributed by atoms with Gasteiger partial charge in [-0.2, -0.15) is 5.10 Å². The average Bonchev–Trinajstić information content (AvgIpc) is 2.58. The number of amides is 2. The normalized spacial score (nSPS) is 31.6. The summed E-state index contributed by atoms with van der Waals surface area (Å²) >= 11 is 6.02. The topological polar surface area (TPSA) is 70.6 Å². The molecule has 0 atom stereocenters. The van der Waals surface area contributed by atoms with Gasteiger partial charge in [0.1, 0.15) is 0 Å². The maximum Gasteiger partial charge on any atom is 0.272 e. The highest BCUT2D eigenvalue weighted by Gasteiger charge is 2.51. The molecule has 0 saturated heterocycles. The van der Waals surface area contributed by atoms with Crippen LogP contribution in [0.2, 0.25) is 5.02 Å². The first-order valence-corrected chi connectivity index (χ1v) is 10.2. The molecular weight excluding hydrogens is 362 g/mol. The second-order valence-corrected chi connectivity index (χ2v) is 9.10. The van der Waals surface area contributed by atoms with E-state index in [1.54, 1.807) is 31.2 Å². The number of nitrogens with zero attached hydrogens (tertiary/aromatic N) is 1. The maximum atomic E-state index is 12.6. The van der Waals surface area contributed by atoms with Gasteiger partial charge in [0.2, 0.25) is 5.91 Å². The van der Waals surface area contributed by atoms with Crippen molar-refractivity contribution >= 4 is 29.1 Å². The third-order valence-electron chi connectivity index (χ3n) is 6.33. The largest absolute Gasteiger partial charge is 0.350 e. The second kappa shape index (κ2) is 7.27. The number of hydrogen-bond donors (Lipinski definition) is 2. The van der Waals surface area contributed by atoms with Gasteiger partial charge in [-0.1, -0.05) is 23.7 Å². The summed E-state index contributed by atoms with van der Waals surface area (Å²) in [6.07, 6.45) is 7.64. The van der Waals surface area contributed by atoms with Crippen molar-refractivity contribution in [3.05, 3.63) is 34.9 Å². The lowest BCUT2D eigenvalue weighted by Crippen LogP contribution is -2.60. The summed E-state index contributed by atoms with van der Waals surface area (Å²) < 4.78 is 0. The molecule has 1 aromatic rings. The number of nitrogens with one attached hydrogen (secondary N) is 2. The predicted molar refractivity (Wildman–Crippen MR) is 106 cm³/mol. The number of carbonyl (C=O) groups is 2. The quantitative estimate of drug-likeness (QED) is 0.593. The Hall–Kier alpha value is -1.88. The molecule has 4 saturated carbocycles. The SMILES string of the molecule is C/C(CC(=O)NC12CC3CC(CC(C3)C1)C2)=N\NC(=O)c1ccccc1Cl. The third-order valence-corrected chi connectivity index (χ3v) is 6.66. The summed E-state index contributed by atoms with van der Waals surface area (Å²) in [5.41, 5.74) is 3.45. The molecule has 144 valence electrons. The van der Waals surface area contributed by atoms with Crippen LogP contribution in [0.4, 0.5) is 0 Å². The monoisotopic (exact) mass is 387 g/mol. The first-order valence-electron chi connectivity index (χ1n) is 9.81. The van der Waals surface area contributed by atoms with Crippen LogP contribution >= 0.6 is 11.6 Å². The first-order chi connectivity index (χ1) is 12.9. The highest BCUT2D eigenvalue weighted by Crippen LogP contribution is 2.55. The lowest BCUT2D eigenvalue weighted by Gasteiger charge is -2.56. The van der Waals surface area contributed by atoms with Crippen LogP contribution in [-0.4, -0.2) is 23.1 Å². The zero-order valence-electron chi connectivity index (χ0n) is 15.6. The summed E-state index contributed by atoms with van der Waals surface area (Å²) in [5.74, 6) is 2.01. The minimum atomic E-state index is -0.374. The van der Waals surface area contributed by atoms with Gasteiger partial charge in [0.05, 0.1) is 17.0 Å². The predicted octanol–water partition coefficient (Wildman–Crippen LogP) is 3.92. The fourth-order valence-corrected chi connectivity index (χ4v) is 5.95. The Labute approximate surface area is 164 Å². The Balaban J connectivity index is 1.32. The number of benzene rings is 1. The maximum absolute atomic E-state index is 12.6. The van der Waals surface area contributed by atoms with Crippen molar-refractivity contribution in [2.24, 2.45) is 22.9 Å². The van der Waals surface area contributed by atoms with Gasteiger partial charge in [-0.25, -0.2) is 5.43 Å². The number of rotatable bonds is 5. The molecule has 6 heteroatoms. The summed E-state index contributed by atoms with van der Waals surface area (Å²) in [5, 5.41) is 7.78. The van der Waals surface area contributed by atoms with Crippen LogP contribution < -0.4 is 10.7 Å². The number of hydrazone groups is 1. The van der Waals surface area contributed by atoms with Gasteiger partial charge in [0.15, 0.2) is 0 Å². The molecule has 2 amide bonds. The molecule has 2 N–H and O–H groups in total. The molecule has 4 fully saturated rings. The molecule has 0 spiro atoms. The molecule has 4 bridgehead atoms. The van der Waals surface area contributed by atoms with Gasteiger partial charge < -0.3 is 5.32 Å². The van der Waals surface area contributed by atoms with Crippen molar-refractivity contribution < 1.29 is 9.59 Å². The highest BCUT2D eigenvalue weighted by atomic mass is 35.5. The molecule has 5 nitrogen and oxygen atoms in total. The average molecular weight is 388 g/mol. The standard InChI is InChI=1S/C21H26ClN3O2/c1-13(24-25-20(27)17-4-2-3-5-18(17)22)6-19(26)23-21-10-14-7-15(11-21)9-16(8-14)12-21/h2-5,14-16H,6-12H2,1H3,(H,23,26)(H,25,27)/b24-13+. The van der Waals surface area contributed by atoms with E-state index in [1.165, 1.54) is 19.3 Å². The van der Waals surface area contributed by atoms with E-state index in [4.69, 9.17) is 11.6 Å². The van der Waals surface area contributed by atoms with E-state index in [0.29, 0.717) is 16.3 Å². The zero-order chi connectivity index (χ0) is 19.0. The van der Waals surface area contributed by atoms with Crippen molar-refractivity contribution in [3.8, 4) is 0 Å².